The van der Waals surface area contributed by atoms with Crippen molar-refractivity contribution < 1.29 is 4.74 Å². The number of fused-ring (bicyclic) bond motifs is 2. The van der Waals surface area contributed by atoms with Gasteiger partial charge in [0.1, 0.15) is 5.75 Å². The lowest BCUT2D eigenvalue weighted by molar-refractivity contribution is 0.323. The average Bonchev–Trinajstić information content (AvgIpc) is 2.99. The highest BCUT2D eigenvalue weighted by Crippen LogP contribution is 2.54. The van der Waals surface area contributed by atoms with Crippen molar-refractivity contribution in [2.24, 2.45) is 17.8 Å². The van der Waals surface area contributed by atoms with Crippen molar-refractivity contribution in [1.29, 1.82) is 0 Å². The second kappa shape index (κ2) is 5.01. The number of rotatable bonds is 3. The van der Waals surface area contributed by atoms with Gasteiger partial charge in [0, 0.05) is 0 Å². The summed E-state index contributed by atoms with van der Waals surface area (Å²) in [5.41, 5.74) is 3.69. The molecule has 2 heteroatoms. The first-order valence-electron chi connectivity index (χ1n) is 7.39. The van der Waals surface area contributed by atoms with Crippen molar-refractivity contribution in [3.05, 3.63) is 28.8 Å². The van der Waals surface area contributed by atoms with E-state index in [2.05, 4.69) is 26.0 Å². The summed E-state index contributed by atoms with van der Waals surface area (Å²) in [5.74, 6) is 3.51. The maximum absolute atomic E-state index is 6.81. The number of benzene rings is 1. The van der Waals surface area contributed by atoms with Crippen molar-refractivity contribution in [1.82, 2.24) is 0 Å². The summed E-state index contributed by atoms with van der Waals surface area (Å²) in [5, 5.41) is 0.179. The molecule has 4 atom stereocenters. The molecule has 2 aliphatic carbocycles. The van der Waals surface area contributed by atoms with Crippen LogP contribution in [-0.4, -0.2) is 7.11 Å². The highest BCUT2D eigenvalue weighted by molar-refractivity contribution is 6.21. The third-order valence-electron chi connectivity index (χ3n) is 5.17. The zero-order valence-electron chi connectivity index (χ0n) is 12.1. The van der Waals surface area contributed by atoms with E-state index < -0.39 is 0 Å². The smallest absolute Gasteiger partial charge is 0.124 e. The molecule has 19 heavy (non-hydrogen) atoms. The Balaban J connectivity index is 1.86. The van der Waals surface area contributed by atoms with Gasteiger partial charge in [-0.3, -0.25) is 0 Å². The molecular formula is C17H23ClO. The molecule has 0 heterocycles. The molecule has 2 aliphatic rings. The molecule has 0 spiro atoms. The fourth-order valence-electron chi connectivity index (χ4n) is 4.36. The standard InChI is InChI=1S/C17H23ClO/c1-10-6-14(7-11(2)17(10)19-3)16(18)15-9-12-4-5-13(15)8-12/h6-7,12-13,15-16H,4-5,8-9H2,1-3H3. The second-order valence-electron chi connectivity index (χ2n) is 6.43. The van der Waals surface area contributed by atoms with Crippen LogP contribution in [0.25, 0.3) is 0 Å². The van der Waals surface area contributed by atoms with E-state index in [1.54, 1.807) is 7.11 Å². The summed E-state index contributed by atoms with van der Waals surface area (Å²) in [6.45, 7) is 4.22. The number of halogens is 1. The van der Waals surface area contributed by atoms with Gasteiger partial charge in [0.15, 0.2) is 0 Å². The van der Waals surface area contributed by atoms with E-state index in [9.17, 15) is 0 Å². The molecule has 0 radical (unpaired) electrons. The first-order chi connectivity index (χ1) is 9.10. The largest absolute Gasteiger partial charge is 0.496 e. The van der Waals surface area contributed by atoms with Crippen molar-refractivity contribution in [2.45, 2.75) is 44.9 Å². The summed E-state index contributed by atoms with van der Waals surface area (Å²) >= 11 is 6.81. The molecule has 2 bridgehead atoms. The normalized spacial score (nSPS) is 30.6. The first kappa shape index (κ1) is 13.3. The summed E-state index contributed by atoms with van der Waals surface area (Å²) in [7, 11) is 1.74. The van der Waals surface area contributed by atoms with Gasteiger partial charge in [-0.25, -0.2) is 0 Å². The molecule has 4 unspecified atom stereocenters. The predicted molar refractivity (Wildman–Crippen MR) is 80.0 cm³/mol. The summed E-state index contributed by atoms with van der Waals surface area (Å²) < 4.78 is 5.44. The van der Waals surface area contributed by atoms with Gasteiger partial charge < -0.3 is 4.74 Å². The minimum absolute atomic E-state index is 0.179. The van der Waals surface area contributed by atoms with Crippen LogP contribution in [0.15, 0.2) is 12.1 Å². The maximum atomic E-state index is 6.81. The van der Waals surface area contributed by atoms with Crippen LogP contribution in [0.5, 0.6) is 5.75 Å². The van der Waals surface area contributed by atoms with Crippen LogP contribution >= 0.6 is 11.6 Å². The van der Waals surface area contributed by atoms with Crippen LogP contribution in [0.2, 0.25) is 0 Å². The zero-order valence-corrected chi connectivity index (χ0v) is 12.8. The molecule has 3 rings (SSSR count). The highest BCUT2D eigenvalue weighted by atomic mass is 35.5. The molecular weight excluding hydrogens is 256 g/mol. The number of hydrogen-bond donors (Lipinski definition) is 0. The Morgan fingerprint density at radius 2 is 1.84 bits per heavy atom. The SMILES string of the molecule is COc1c(C)cc(C(Cl)C2CC3CCC2C3)cc1C. The predicted octanol–water partition coefficient (Wildman–Crippen LogP) is 5.03. The molecule has 2 fully saturated rings. The molecule has 0 aromatic heterocycles. The molecule has 1 aromatic rings. The molecule has 104 valence electrons. The quantitative estimate of drug-likeness (QED) is 0.705. The second-order valence-corrected chi connectivity index (χ2v) is 6.90. The monoisotopic (exact) mass is 278 g/mol. The Kier molecular flexibility index (Phi) is 3.51. The highest BCUT2D eigenvalue weighted by Gasteiger charge is 2.43. The summed E-state index contributed by atoms with van der Waals surface area (Å²) in [4.78, 5) is 0. The van der Waals surface area contributed by atoms with Crippen LogP contribution < -0.4 is 4.74 Å². The van der Waals surface area contributed by atoms with Crippen LogP contribution in [0.3, 0.4) is 0 Å². The van der Waals surface area contributed by atoms with Crippen LogP contribution in [-0.2, 0) is 0 Å². The zero-order chi connectivity index (χ0) is 13.6. The van der Waals surface area contributed by atoms with Gasteiger partial charge in [-0.1, -0.05) is 18.6 Å². The number of alkyl halides is 1. The lowest BCUT2D eigenvalue weighted by Gasteiger charge is -2.27. The third-order valence-corrected chi connectivity index (χ3v) is 5.75. The number of ether oxygens (including phenoxy) is 1. The van der Waals surface area contributed by atoms with Crippen LogP contribution in [0, 0.1) is 31.6 Å². The van der Waals surface area contributed by atoms with Crippen molar-refractivity contribution in [3.63, 3.8) is 0 Å². The van der Waals surface area contributed by atoms with E-state index in [0.29, 0.717) is 5.92 Å². The van der Waals surface area contributed by atoms with E-state index in [1.807, 2.05) is 0 Å². The Morgan fingerprint density at radius 1 is 1.16 bits per heavy atom. The number of aryl methyl sites for hydroxylation is 2. The topological polar surface area (TPSA) is 9.23 Å². The average molecular weight is 279 g/mol. The maximum Gasteiger partial charge on any atom is 0.124 e. The molecule has 2 saturated carbocycles. The third kappa shape index (κ3) is 2.27. The van der Waals surface area contributed by atoms with Crippen molar-refractivity contribution >= 4 is 11.6 Å². The van der Waals surface area contributed by atoms with Crippen LogP contribution in [0.1, 0.15) is 47.8 Å². The summed E-state index contributed by atoms with van der Waals surface area (Å²) in [6.07, 6.45) is 5.59. The Labute approximate surface area is 121 Å². The van der Waals surface area contributed by atoms with E-state index in [-0.39, 0.29) is 5.38 Å². The van der Waals surface area contributed by atoms with Gasteiger partial charge in [-0.15, -0.1) is 11.6 Å². The molecule has 1 aromatic carbocycles. The molecule has 0 amide bonds. The lowest BCUT2D eigenvalue weighted by atomic mass is 9.83. The first-order valence-corrected chi connectivity index (χ1v) is 7.83. The van der Waals surface area contributed by atoms with Gasteiger partial charge in [0.2, 0.25) is 0 Å². The Bertz CT molecular complexity index is 459. The van der Waals surface area contributed by atoms with Crippen molar-refractivity contribution in [2.75, 3.05) is 7.11 Å². The van der Waals surface area contributed by atoms with Gasteiger partial charge in [0.05, 0.1) is 12.5 Å². The van der Waals surface area contributed by atoms with Gasteiger partial charge in [0.25, 0.3) is 0 Å². The van der Waals surface area contributed by atoms with Gasteiger partial charge in [-0.05, 0) is 67.6 Å². The number of methoxy groups -OCH3 is 1. The van der Waals surface area contributed by atoms with E-state index in [4.69, 9.17) is 16.3 Å². The van der Waals surface area contributed by atoms with Crippen molar-refractivity contribution in [3.8, 4) is 5.75 Å². The van der Waals surface area contributed by atoms with E-state index in [0.717, 1.165) is 17.6 Å². The summed E-state index contributed by atoms with van der Waals surface area (Å²) in [6, 6.07) is 4.44. The van der Waals surface area contributed by atoms with Gasteiger partial charge in [-0.2, -0.15) is 0 Å². The fourth-order valence-corrected chi connectivity index (χ4v) is 4.80. The molecule has 0 N–H and O–H groups in total. The van der Waals surface area contributed by atoms with Gasteiger partial charge >= 0.3 is 0 Å². The van der Waals surface area contributed by atoms with E-state index >= 15 is 0 Å². The minimum atomic E-state index is 0.179. The lowest BCUT2D eigenvalue weighted by Crippen LogP contribution is -2.16. The molecule has 1 nitrogen and oxygen atoms in total. The Morgan fingerprint density at radius 3 is 2.32 bits per heavy atom. The van der Waals surface area contributed by atoms with Crippen LogP contribution in [0.4, 0.5) is 0 Å². The fraction of sp³-hybridized carbons (Fsp3) is 0.647. The minimum Gasteiger partial charge on any atom is -0.496 e. The molecule has 0 aliphatic heterocycles. The van der Waals surface area contributed by atoms with E-state index in [1.165, 1.54) is 42.4 Å². The molecule has 0 saturated heterocycles. The number of hydrogen-bond acceptors (Lipinski definition) is 1. The Hall–Kier alpha value is -0.690.